The molecule has 0 aliphatic heterocycles. The van der Waals surface area contributed by atoms with Gasteiger partial charge in [-0.3, -0.25) is 0 Å². The monoisotopic (exact) mass is 199 g/mol. The van der Waals surface area contributed by atoms with Gasteiger partial charge in [0.05, 0.1) is 12.2 Å². The van der Waals surface area contributed by atoms with Crippen molar-refractivity contribution in [3.8, 4) is 0 Å². The van der Waals surface area contributed by atoms with Gasteiger partial charge in [-0.2, -0.15) is 0 Å². The molecule has 0 aromatic carbocycles. The van der Waals surface area contributed by atoms with Crippen LogP contribution in [0.3, 0.4) is 0 Å². The lowest BCUT2D eigenvalue weighted by atomic mass is 9.64. The van der Waals surface area contributed by atoms with Crippen LogP contribution in [0.1, 0.15) is 33.1 Å². The molecule has 0 bridgehead atoms. The van der Waals surface area contributed by atoms with Gasteiger partial charge in [0, 0.05) is 18.0 Å². The zero-order valence-electron chi connectivity index (χ0n) is 9.03. The van der Waals surface area contributed by atoms with E-state index >= 15 is 0 Å². The minimum absolute atomic E-state index is 0.0245. The van der Waals surface area contributed by atoms with Crippen LogP contribution < -0.4 is 5.32 Å². The van der Waals surface area contributed by atoms with Gasteiger partial charge >= 0.3 is 0 Å². The minimum Gasteiger partial charge on any atom is -0.392 e. The molecule has 0 spiro atoms. The number of hydrogen-bond acceptors (Lipinski definition) is 3. The summed E-state index contributed by atoms with van der Waals surface area (Å²) in [6.45, 7) is 4.83. The first-order chi connectivity index (χ1) is 6.51. The molecule has 0 aromatic heterocycles. The second kappa shape index (κ2) is 3.47. The lowest BCUT2D eigenvalue weighted by molar-refractivity contribution is -0.0752. The molecule has 0 aromatic rings. The molecule has 3 heteroatoms. The van der Waals surface area contributed by atoms with Crippen molar-refractivity contribution >= 4 is 0 Å². The fraction of sp³-hybridized carbons (Fsp3) is 1.00. The summed E-state index contributed by atoms with van der Waals surface area (Å²) in [5, 5.41) is 22.5. The molecule has 3 atom stereocenters. The molecule has 82 valence electrons. The summed E-state index contributed by atoms with van der Waals surface area (Å²) in [7, 11) is 0. The van der Waals surface area contributed by atoms with Crippen molar-refractivity contribution in [2.45, 2.75) is 51.4 Å². The van der Waals surface area contributed by atoms with Crippen molar-refractivity contribution in [1.82, 2.24) is 5.32 Å². The predicted octanol–water partition coefficient (Wildman–Crippen LogP) is 0.506. The Labute approximate surface area is 85.5 Å². The van der Waals surface area contributed by atoms with Crippen molar-refractivity contribution < 1.29 is 10.2 Å². The summed E-state index contributed by atoms with van der Waals surface area (Å²) in [6, 6.07) is 0.367. The lowest BCUT2D eigenvalue weighted by Gasteiger charge is -2.50. The number of hydrogen-bond donors (Lipinski definition) is 3. The van der Waals surface area contributed by atoms with E-state index in [-0.39, 0.29) is 17.6 Å². The van der Waals surface area contributed by atoms with Gasteiger partial charge in [0.1, 0.15) is 0 Å². The van der Waals surface area contributed by atoms with Crippen LogP contribution in [0.15, 0.2) is 0 Å². The summed E-state index contributed by atoms with van der Waals surface area (Å²) < 4.78 is 0. The van der Waals surface area contributed by atoms with Gasteiger partial charge in [-0.25, -0.2) is 0 Å². The van der Waals surface area contributed by atoms with Crippen molar-refractivity contribution in [2.24, 2.45) is 11.3 Å². The van der Waals surface area contributed by atoms with Gasteiger partial charge in [-0.15, -0.1) is 0 Å². The summed E-state index contributed by atoms with van der Waals surface area (Å²) in [5.41, 5.74) is -0.0245. The van der Waals surface area contributed by atoms with Crippen LogP contribution in [0.25, 0.3) is 0 Å². The third-order valence-corrected chi connectivity index (χ3v) is 3.96. The van der Waals surface area contributed by atoms with Gasteiger partial charge in [0.25, 0.3) is 0 Å². The summed E-state index contributed by atoms with van der Waals surface area (Å²) in [6.07, 6.45) is 2.82. The molecule has 0 heterocycles. The molecule has 2 aliphatic rings. The second-order valence-electron chi connectivity index (χ2n) is 5.44. The number of aliphatic hydroxyl groups excluding tert-OH is 2. The number of nitrogens with one attached hydrogen (secondary N) is 1. The first kappa shape index (κ1) is 10.4. The largest absolute Gasteiger partial charge is 0.392 e. The molecule has 3 nitrogen and oxygen atoms in total. The maximum Gasteiger partial charge on any atom is 0.0692 e. The first-order valence-electron chi connectivity index (χ1n) is 5.61. The predicted molar refractivity (Wildman–Crippen MR) is 54.9 cm³/mol. The molecule has 0 saturated heterocycles. The quantitative estimate of drug-likeness (QED) is 0.618. The van der Waals surface area contributed by atoms with Gasteiger partial charge in [-0.05, 0) is 25.2 Å². The zero-order valence-corrected chi connectivity index (χ0v) is 9.03. The fourth-order valence-corrected chi connectivity index (χ4v) is 2.16. The summed E-state index contributed by atoms with van der Waals surface area (Å²) in [4.78, 5) is 0. The molecule has 3 N–H and O–H groups in total. The van der Waals surface area contributed by atoms with Crippen molar-refractivity contribution in [3.05, 3.63) is 0 Å². The molecule has 0 amide bonds. The van der Waals surface area contributed by atoms with E-state index < -0.39 is 0 Å². The molecule has 2 rings (SSSR count). The van der Waals surface area contributed by atoms with Crippen molar-refractivity contribution in [1.29, 1.82) is 0 Å². The van der Waals surface area contributed by atoms with Gasteiger partial charge in [0.15, 0.2) is 0 Å². The second-order valence-corrected chi connectivity index (χ2v) is 5.44. The highest BCUT2D eigenvalue weighted by Crippen LogP contribution is 2.40. The Kier molecular flexibility index (Phi) is 2.58. The van der Waals surface area contributed by atoms with Crippen LogP contribution in [0.4, 0.5) is 0 Å². The highest BCUT2D eigenvalue weighted by atomic mass is 16.3. The van der Waals surface area contributed by atoms with Crippen LogP contribution in [0.5, 0.6) is 0 Å². The Hall–Kier alpha value is -0.120. The Balaban J connectivity index is 1.71. The van der Waals surface area contributed by atoms with Gasteiger partial charge < -0.3 is 15.5 Å². The van der Waals surface area contributed by atoms with E-state index in [1.165, 1.54) is 12.8 Å². The summed E-state index contributed by atoms with van der Waals surface area (Å²) >= 11 is 0. The van der Waals surface area contributed by atoms with E-state index in [0.717, 1.165) is 6.42 Å². The molecule has 2 fully saturated rings. The maximum absolute atomic E-state index is 9.67. The average molecular weight is 199 g/mol. The van der Waals surface area contributed by atoms with E-state index in [1.807, 2.05) is 0 Å². The van der Waals surface area contributed by atoms with Crippen molar-refractivity contribution in [2.75, 3.05) is 6.54 Å². The van der Waals surface area contributed by atoms with E-state index in [4.69, 9.17) is 0 Å². The van der Waals surface area contributed by atoms with E-state index in [9.17, 15) is 10.2 Å². The fourth-order valence-electron chi connectivity index (χ4n) is 2.16. The van der Waals surface area contributed by atoms with E-state index in [2.05, 4.69) is 19.2 Å². The van der Waals surface area contributed by atoms with Crippen LogP contribution in [-0.2, 0) is 0 Å². The Bertz CT molecular complexity index is 213. The maximum atomic E-state index is 9.67. The molecular weight excluding hydrogens is 178 g/mol. The molecule has 2 aliphatic carbocycles. The van der Waals surface area contributed by atoms with Gasteiger partial charge in [-0.1, -0.05) is 13.8 Å². The van der Waals surface area contributed by atoms with E-state index in [1.54, 1.807) is 0 Å². The Morgan fingerprint density at radius 1 is 1.43 bits per heavy atom. The normalized spacial score (nSPS) is 37.7. The Morgan fingerprint density at radius 3 is 2.50 bits per heavy atom. The molecule has 14 heavy (non-hydrogen) atoms. The SMILES string of the molecule is CC1(C)C(O)CC1NCC(O)C1CC1. The minimum atomic E-state index is -0.182. The van der Waals surface area contributed by atoms with Crippen LogP contribution in [-0.4, -0.2) is 35.0 Å². The smallest absolute Gasteiger partial charge is 0.0692 e. The lowest BCUT2D eigenvalue weighted by Crippen LogP contribution is -2.60. The van der Waals surface area contributed by atoms with Gasteiger partial charge in [0.2, 0.25) is 0 Å². The van der Waals surface area contributed by atoms with Crippen LogP contribution >= 0.6 is 0 Å². The summed E-state index contributed by atoms with van der Waals surface area (Å²) in [5.74, 6) is 0.538. The van der Waals surface area contributed by atoms with E-state index in [0.29, 0.717) is 18.5 Å². The molecule has 2 saturated carbocycles. The highest BCUT2D eigenvalue weighted by molar-refractivity contribution is 5.02. The van der Waals surface area contributed by atoms with Crippen LogP contribution in [0, 0.1) is 11.3 Å². The topological polar surface area (TPSA) is 52.5 Å². The average Bonchev–Trinajstić information content (AvgIpc) is 2.94. The first-order valence-corrected chi connectivity index (χ1v) is 5.61. The van der Waals surface area contributed by atoms with Crippen molar-refractivity contribution in [3.63, 3.8) is 0 Å². The third kappa shape index (κ3) is 1.81. The van der Waals surface area contributed by atoms with Crippen LogP contribution in [0.2, 0.25) is 0 Å². The number of rotatable bonds is 4. The Morgan fingerprint density at radius 2 is 2.07 bits per heavy atom. The molecular formula is C11H21NO2. The number of aliphatic hydroxyl groups is 2. The third-order valence-electron chi connectivity index (χ3n) is 3.96. The standard InChI is InChI=1S/C11H21NO2/c1-11(2)9(5-10(11)14)12-6-8(13)7-3-4-7/h7-10,12-14H,3-6H2,1-2H3. The zero-order chi connectivity index (χ0) is 10.3. The highest BCUT2D eigenvalue weighted by Gasteiger charge is 2.47. The molecule has 0 radical (unpaired) electrons. The molecule has 3 unspecified atom stereocenters.